The molecule has 0 bridgehead atoms. The Morgan fingerprint density at radius 3 is 2.50 bits per heavy atom. The first-order valence-electron chi connectivity index (χ1n) is 9.88. The van der Waals surface area contributed by atoms with Crippen molar-refractivity contribution in [3.8, 4) is 11.3 Å². The van der Waals surface area contributed by atoms with E-state index in [0.29, 0.717) is 22.3 Å². The molecule has 32 heavy (non-hydrogen) atoms. The van der Waals surface area contributed by atoms with Gasteiger partial charge in [-0.25, -0.2) is 17.6 Å². The van der Waals surface area contributed by atoms with Crippen molar-refractivity contribution in [2.75, 3.05) is 11.3 Å². The van der Waals surface area contributed by atoms with Crippen molar-refractivity contribution in [2.45, 2.75) is 18.7 Å². The molecule has 0 aliphatic heterocycles. The molecule has 0 saturated carbocycles. The van der Waals surface area contributed by atoms with E-state index >= 15 is 0 Å². The Balaban J connectivity index is 1.81. The summed E-state index contributed by atoms with van der Waals surface area (Å²) in [5, 5.41) is 0.415. The number of carbonyl (C=O) groups excluding carboxylic acids is 1. The fraction of sp³-hybridized carbons (Fsp3) is 0.125. The van der Waals surface area contributed by atoms with E-state index in [9.17, 15) is 17.6 Å². The van der Waals surface area contributed by atoms with Crippen molar-refractivity contribution in [2.24, 2.45) is 0 Å². The fourth-order valence-electron chi connectivity index (χ4n) is 3.48. The normalized spacial score (nSPS) is 11.5. The SMILES string of the molecule is CCOC(=O)c1c(-c2ccccc2)oc2ccc(NS(=O)(=O)c3ccc(F)cc3C)cc12. The minimum atomic E-state index is -3.98. The molecule has 0 atom stereocenters. The maximum Gasteiger partial charge on any atom is 0.342 e. The van der Waals surface area contributed by atoms with Gasteiger partial charge in [-0.1, -0.05) is 30.3 Å². The first kappa shape index (κ1) is 21.6. The number of rotatable bonds is 6. The highest BCUT2D eigenvalue weighted by molar-refractivity contribution is 7.92. The number of sulfonamides is 1. The van der Waals surface area contributed by atoms with Crippen LogP contribution in [-0.2, 0) is 14.8 Å². The Morgan fingerprint density at radius 2 is 1.81 bits per heavy atom. The van der Waals surface area contributed by atoms with E-state index in [4.69, 9.17) is 9.15 Å². The quantitative estimate of drug-likeness (QED) is 0.388. The number of ether oxygens (including phenoxy) is 1. The highest BCUT2D eigenvalue weighted by atomic mass is 32.2. The maximum atomic E-state index is 13.4. The number of furan rings is 1. The van der Waals surface area contributed by atoms with Crippen LogP contribution in [0.4, 0.5) is 10.1 Å². The maximum absolute atomic E-state index is 13.4. The Morgan fingerprint density at radius 1 is 1.06 bits per heavy atom. The second-order valence-electron chi connectivity index (χ2n) is 7.12. The number of carbonyl (C=O) groups is 1. The molecule has 0 unspecified atom stereocenters. The molecule has 0 aliphatic carbocycles. The van der Waals surface area contributed by atoms with Gasteiger partial charge in [0.2, 0.25) is 0 Å². The molecule has 4 rings (SSSR count). The topological polar surface area (TPSA) is 85.6 Å². The average molecular weight is 453 g/mol. The largest absolute Gasteiger partial charge is 0.462 e. The number of halogens is 1. The van der Waals surface area contributed by atoms with Gasteiger partial charge < -0.3 is 9.15 Å². The number of benzene rings is 3. The molecule has 1 N–H and O–H groups in total. The molecule has 0 saturated heterocycles. The van der Waals surface area contributed by atoms with Crippen LogP contribution in [0.15, 0.2) is 76.0 Å². The molecule has 8 heteroatoms. The molecule has 0 aliphatic rings. The molecule has 0 amide bonds. The lowest BCUT2D eigenvalue weighted by Gasteiger charge is -2.10. The Hall–Kier alpha value is -3.65. The first-order valence-corrected chi connectivity index (χ1v) is 11.4. The summed E-state index contributed by atoms with van der Waals surface area (Å²) in [5.41, 5.74) is 1.82. The molecular weight excluding hydrogens is 433 g/mol. The van der Waals surface area contributed by atoms with E-state index < -0.39 is 21.8 Å². The second kappa shape index (κ2) is 8.47. The van der Waals surface area contributed by atoms with E-state index in [2.05, 4.69) is 4.72 Å². The fourth-order valence-corrected chi connectivity index (χ4v) is 4.76. The molecule has 0 fully saturated rings. The van der Waals surface area contributed by atoms with E-state index in [0.717, 1.165) is 12.1 Å². The van der Waals surface area contributed by atoms with Crippen molar-refractivity contribution in [3.05, 3.63) is 83.7 Å². The molecule has 6 nitrogen and oxygen atoms in total. The standard InChI is InChI=1S/C24H20FNO5S/c1-3-30-24(27)22-19-14-18(26-32(28,29)21-12-9-17(25)13-15(21)2)10-11-20(19)31-23(22)16-7-5-4-6-8-16/h4-14,26H,3H2,1-2H3. The highest BCUT2D eigenvalue weighted by Gasteiger charge is 2.24. The van der Waals surface area contributed by atoms with E-state index in [-0.39, 0.29) is 28.3 Å². The van der Waals surface area contributed by atoms with Crippen LogP contribution in [0, 0.1) is 12.7 Å². The van der Waals surface area contributed by atoms with Crippen LogP contribution in [0.2, 0.25) is 0 Å². The van der Waals surface area contributed by atoms with Crippen LogP contribution in [-0.4, -0.2) is 21.0 Å². The number of nitrogens with one attached hydrogen (secondary N) is 1. The van der Waals surface area contributed by atoms with Gasteiger partial charge in [0, 0.05) is 16.6 Å². The summed E-state index contributed by atoms with van der Waals surface area (Å²) in [6.07, 6.45) is 0. The van der Waals surface area contributed by atoms with Gasteiger partial charge in [0.25, 0.3) is 10.0 Å². The van der Waals surface area contributed by atoms with Gasteiger partial charge >= 0.3 is 5.97 Å². The minimum Gasteiger partial charge on any atom is -0.462 e. The van der Waals surface area contributed by atoms with Crippen LogP contribution >= 0.6 is 0 Å². The third kappa shape index (κ3) is 4.09. The highest BCUT2D eigenvalue weighted by Crippen LogP contribution is 2.36. The van der Waals surface area contributed by atoms with Gasteiger partial charge in [-0.15, -0.1) is 0 Å². The zero-order valence-corrected chi connectivity index (χ0v) is 18.2. The molecular formula is C24H20FNO5S. The average Bonchev–Trinajstić information content (AvgIpc) is 3.13. The van der Waals surface area contributed by atoms with Gasteiger partial charge in [-0.05, 0) is 55.8 Å². The summed E-state index contributed by atoms with van der Waals surface area (Å²) in [6.45, 7) is 3.39. The van der Waals surface area contributed by atoms with Crippen molar-refractivity contribution in [3.63, 3.8) is 0 Å². The Kier molecular flexibility index (Phi) is 5.71. The third-order valence-corrected chi connectivity index (χ3v) is 6.42. The lowest BCUT2D eigenvalue weighted by atomic mass is 10.1. The number of hydrogen-bond donors (Lipinski definition) is 1. The van der Waals surface area contributed by atoms with Crippen LogP contribution in [0.25, 0.3) is 22.3 Å². The van der Waals surface area contributed by atoms with E-state index in [1.54, 1.807) is 25.1 Å². The first-order chi connectivity index (χ1) is 15.3. The van der Waals surface area contributed by atoms with Crippen molar-refractivity contribution in [1.82, 2.24) is 0 Å². The molecule has 3 aromatic carbocycles. The predicted molar refractivity (Wildman–Crippen MR) is 120 cm³/mol. The van der Waals surface area contributed by atoms with Gasteiger partial charge in [-0.3, -0.25) is 4.72 Å². The van der Waals surface area contributed by atoms with Crippen LogP contribution in [0.3, 0.4) is 0 Å². The smallest absolute Gasteiger partial charge is 0.342 e. The third-order valence-electron chi connectivity index (χ3n) is 4.88. The molecule has 0 spiro atoms. The van der Waals surface area contributed by atoms with E-state index in [1.807, 2.05) is 18.2 Å². The number of anilines is 1. The van der Waals surface area contributed by atoms with Gasteiger partial charge in [0.05, 0.1) is 11.5 Å². The summed E-state index contributed by atoms with van der Waals surface area (Å²) < 4.78 is 52.8. The number of fused-ring (bicyclic) bond motifs is 1. The molecule has 164 valence electrons. The van der Waals surface area contributed by atoms with Crippen LogP contribution in [0.5, 0.6) is 0 Å². The van der Waals surface area contributed by atoms with Crippen LogP contribution < -0.4 is 4.72 Å². The van der Waals surface area contributed by atoms with Gasteiger partial charge in [0.15, 0.2) is 0 Å². The minimum absolute atomic E-state index is 0.0400. The van der Waals surface area contributed by atoms with Crippen LogP contribution in [0.1, 0.15) is 22.8 Å². The molecule has 1 aromatic heterocycles. The zero-order chi connectivity index (χ0) is 22.9. The van der Waals surface area contributed by atoms with Gasteiger partial charge in [0.1, 0.15) is 22.7 Å². The summed E-state index contributed by atoms with van der Waals surface area (Å²) >= 11 is 0. The summed E-state index contributed by atoms with van der Waals surface area (Å²) in [5.74, 6) is -0.748. The summed E-state index contributed by atoms with van der Waals surface area (Å²) in [6, 6.07) is 17.2. The predicted octanol–water partition coefficient (Wildman–Crippen LogP) is 5.52. The monoisotopic (exact) mass is 453 g/mol. The van der Waals surface area contributed by atoms with Crippen molar-refractivity contribution in [1.29, 1.82) is 0 Å². The Labute approximate surface area is 184 Å². The zero-order valence-electron chi connectivity index (χ0n) is 17.4. The molecule has 4 aromatic rings. The number of esters is 1. The summed E-state index contributed by atoms with van der Waals surface area (Å²) in [7, 11) is -3.98. The lowest BCUT2D eigenvalue weighted by molar-refractivity contribution is 0.0528. The van der Waals surface area contributed by atoms with Gasteiger partial charge in [-0.2, -0.15) is 0 Å². The number of hydrogen-bond acceptors (Lipinski definition) is 5. The van der Waals surface area contributed by atoms with Crippen molar-refractivity contribution < 1.29 is 26.8 Å². The molecule has 1 heterocycles. The van der Waals surface area contributed by atoms with E-state index in [1.165, 1.54) is 25.1 Å². The molecule has 0 radical (unpaired) electrons. The second-order valence-corrected chi connectivity index (χ2v) is 8.77. The van der Waals surface area contributed by atoms with Crippen molar-refractivity contribution >= 4 is 32.6 Å². The Bertz CT molecular complexity index is 1410. The summed E-state index contributed by atoms with van der Waals surface area (Å²) in [4.78, 5) is 12.7. The number of aryl methyl sites for hydroxylation is 1. The lowest BCUT2D eigenvalue weighted by Crippen LogP contribution is -2.14.